The van der Waals surface area contributed by atoms with Crippen molar-refractivity contribution in [2.45, 2.75) is 31.9 Å². The smallest absolute Gasteiger partial charge is 0.229 e. The second kappa shape index (κ2) is 7.70. The third-order valence-electron chi connectivity index (χ3n) is 4.79. The van der Waals surface area contributed by atoms with E-state index in [1.165, 1.54) is 0 Å². The van der Waals surface area contributed by atoms with Crippen molar-refractivity contribution in [3.63, 3.8) is 0 Å². The van der Waals surface area contributed by atoms with Gasteiger partial charge in [-0.25, -0.2) is 0 Å². The van der Waals surface area contributed by atoms with Crippen LogP contribution in [0, 0.1) is 0 Å². The second-order valence-electron chi connectivity index (χ2n) is 6.70. The molecule has 134 valence electrons. The maximum Gasteiger partial charge on any atom is 0.229 e. The van der Waals surface area contributed by atoms with Crippen LogP contribution in [0.3, 0.4) is 0 Å². The summed E-state index contributed by atoms with van der Waals surface area (Å²) < 4.78 is 11.1. The molecule has 0 saturated carbocycles. The molecule has 1 fully saturated rings. The summed E-state index contributed by atoms with van der Waals surface area (Å²) in [5, 5.41) is 5.00. The molecule has 0 N–H and O–H groups in total. The van der Waals surface area contributed by atoms with Crippen molar-refractivity contribution in [2.24, 2.45) is 0 Å². The van der Waals surface area contributed by atoms with Crippen LogP contribution in [0.5, 0.6) is 0 Å². The fraction of sp³-hybridized carbons (Fsp3) is 0.333. The zero-order valence-electron chi connectivity index (χ0n) is 14.6. The zero-order valence-corrected chi connectivity index (χ0v) is 14.6. The van der Waals surface area contributed by atoms with Crippen molar-refractivity contribution in [3.05, 3.63) is 65.9 Å². The Kier molecular flexibility index (Phi) is 4.97. The van der Waals surface area contributed by atoms with Crippen LogP contribution in [-0.4, -0.2) is 35.2 Å². The van der Waals surface area contributed by atoms with Crippen LogP contribution >= 0.6 is 0 Å². The predicted molar refractivity (Wildman–Crippen MR) is 98.5 cm³/mol. The molecule has 1 amide bonds. The Bertz CT molecular complexity index is 869. The quantitative estimate of drug-likeness (QED) is 0.682. The summed E-state index contributed by atoms with van der Waals surface area (Å²) in [7, 11) is 0. The summed E-state index contributed by atoms with van der Waals surface area (Å²) in [5.74, 6) is 0.0448. The molecule has 26 heavy (non-hydrogen) atoms. The summed E-state index contributed by atoms with van der Waals surface area (Å²) in [4.78, 5) is 14.9. The molecular weight excluding hydrogens is 328 g/mol. The molecular formula is C21H22N2O3. The fourth-order valence-corrected chi connectivity index (χ4v) is 3.41. The third kappa shape index (κ3) is 3.78. The summed E-state index contributed by atoms with van der Waals surface area (Å²) in [6, 6.07) is 17.7. The van der Waals surface area contributed by atoms with Gasteiger partial charge in [0.1, 0.15) is 5.69 Å². The van der Waals surface area contributed by atoms with E-state index >= 15 is 0 Å². The van der Waals surface area contributed by atoms with Crippen molar-refractivity contribution in [3.8, 4) is 0 Å². The van der Waals surface area contributed by atoms with Gasteiger partial charge >= 0.3 is 0 Å². The summed E-state index contributed by atoms with van der Waals surface area (Å²) in [5.41, 5.74) is 2.52. The van der Waals surface area contributed by atoms with E-state index in [0.29, 0.717) is 24.4 Å². The van der Waals surface area contributed by atoms with Crippen molar-refractivity contribution in [2.75, 3.05) is 13.2 Å². The predicted octanol–water partition coefficient (Wildman–Crippen LogP) is 3.58. The molecule has 2 heterocycles. The van der Waals surface area contributed by atoms with Crippen LogP contribution in [0.4, 0.5) is 0 Å². The summed E-state index contributed by atoms with van der Waals surface area (Å²) in [6.45, 7) is 1.98. The summed E-state index contributed by atoms with van der Waals surface area (Å²) >= 11 is 0. The number of ether oxygens (including phenoxy) is 1. The first kappa shape index (κ1) is 16.8. The number of benzene rings is 2. The normalized spacial score (nSPS) is 16.8. The highest BCUT2D eigenvalue weighted by molar-refractivity contribution is 5.86. The molecule has 0 bridgehead atoms. The van der Waals surface area contributed by atoms with E-state index < -0.39 is 0 Å². The highest BCUT2D eigenvalue weighted by Crippen LogP contribution is 2.20. The van der Waals surface area contributed by atoms with Crippen LogP contribution in [0.25, 0.3) is 11.0 Å². The zero-order chi connectivity index (χ0) is 17.8. The largest absolute Gasteiger partial charge is 0.376 e. The number of amides is 1. The van der Waals surface area contributed by atoms with Crippen LogP contribution in [0.2, 0.25) is 0 Å². The molecule has 3 aromatic rings. The lowest BCUT2D eigenvalue weighted by Crippen LogP contribution is -2.37. The van der Waals surface area contributed by atoms with Gasteiger partial charge in [0.05, 0.1) is 12.5 Å². The van der Waals surface area contributed by atoms with E-state index in [1.807, 2.05) is 59.5 Å². The molecule has 1 aliphatic rings. The number of hydrogen-bond acceptors (Lipinski definition) is 4. The lowest BCUT2D eigenvalue weighted by Gasteiger charge is -2.25. The molecule has 0 radical (unpaired) electrons. The lowest BCUT2D eigenvalue weighted by molar-refractivity contribution is -0.132. The van der Waals surface area contributed by atoms with Crippen LogP contribution in [0.1, 0.15) is 24.1 Å². The molecule has 5 heteroatoms. The van der Waals surface area contributed by atoms with Gasteiger partial charge in [0, 0.05) is 25.1 Å². The first-order chi connectivity index (χ1) is 12.8. The first-order valence-electron chi connectivity index (χ1n) is 9.06. The van der Waals surface area contributed by atoms with Crippen LogP contribution in [-0.2, 0) is 22.5 Å². The Labute approximate surface area is 152 Å². The van der Waals surface area contributed by atoms with Crippen LogP contribution in [0.15, 0.2) is 59.1 Å². The minimum Gasteiger partial charge on any atom is -0.376 e. The van der Waals surface area contributed by atoms with Gasteiger partial charge in [-0.2, -0.15) is 0 Å². The third-order valence-corrected chi connectivity index (χ3v) is 4.79. The van der Waals surface area contributed by atoms with E-state index in [2.05, 4.69) is 5.16 Å². The summed E-state index contributed by atoms with van der Waals surface area (Å²) in [6.07, 6.45) is 2.42. The van der Waals surface area contributed by atoms with Gasteiger partial charge in [0.2, 0.25) is 5.91 Å². The van der Waals surface area contributed by atoms with Gasteiger partial charge in [-0.15, -0.1) is 0 Å². The maximum absolute atomic E-state index is 13.0. The lowest BCUT2D eigenvalue weighted by atomic mass is 10.1. The van der Waals surface area contributed by atoms with Crippen molar-refractivity contribution in [1.29, 1.82) is 0 Å². The van der Waals surface area contributed by atoms with Gasteiger partial charge in [-0.05, 0) is 30.5 Å². The Morgan fingerprint density at radius 3 is 2.73 bits per heavy atom. The number of nitrogens with zero attached hydrogens (tertiary/aromatic N) is 2. The van der Waals surface area contributed by atoms with Crippen molar-refractivity contribution >= 4 is 16.9 Å². The number of para-hydroxylation sites is 1. The maximum atomic E-state index is 13.0. The molecule has 1 aromatic heterocycles. The van der Waals surface area contributed by atoms with E-state index in [4.69, 9.17) is 9.26 Å². The molecule has 0 spiro atoms. The monoisotopic (exact) mass is 350 g/mol. The topological polar surface area (TPSA) is 55.6 Å². The van der Waals surface area contributed by atoms with E-state index in [0.717, 1.165) is 30.4 Å². The second-order valence-corrected chi connectivity index (χ2v) is 6.70. The Hall–Kier alpha value is -2.66. The van der Waals surface area contributed by atoms with Gasteiger partial charge in [0.15, 0.2) is 5.58 Å². The highest BCUT2D eigenvalue weighted by Gasteiger charge is 2.24. The standard InChI is InChI=1S/C21H22N2O3/c24-21(13-19-18-10-4-5-11-20(18)26-22-19)23(15-17-9-6-12-25-17)14-16-7-2-1-3-8-16/h1-5,7-8,10-11,17H,6,9,12-15H2. The van der Waals surface area contributed by atoms with Gasteiger partial charge < -0.3 is 14.2 Å². The molecule has 1 unspecified atom stereocenters. The fourth-order valence-electron chi connectivity index (χ4n) is 3.41. The number of rotatable bonds is 6. The Morgan fingerprint density at radius 1 is 1.12 bits per heavy atom. The highest BCUT2D eigenvalue weighted by atomic mass is 16.5. The molecule has 5 nitrogen and oxygen atoms in total. The molecule has 2 aromatic carbocycles. The van der Waals surface area contributed by atoms with Gasteiger partial charge in [-0.1, -0.05) is 47.6 Å². The first-order valence-corrected chi connectivity index (χ1v) is 9.06. The van der Waals surface area contributed by atoms with Gasteiger partial charge in [0.25, 0.3) is 0 Å². The Balaban J connectivity index is 1.52. The molecule has 1 aliphatic heterocycles. The Morgan fingerprint density at radius 2 is 1.92 bits per heavy atom. The van der Waals surface area contributed by atoms with Crippen LogP contribution < -0.4 is 0 Å². The van der Waals surface area contributed by atoms with Crippen molar-refractivity contribution < 1.29 is 14.1 Å². The molecule has 1 atom stereocenters. The number of carbonyl (C=O) groups excluding carboxylic acids is 1. The SMILES string of the molecule is O=C(Cc1noc2ccccc12)N(Cc1ccccc1)CC1CCCO1. The minimum atomic E-state index is 0.0448. The average molecular weight is 350 g/mol. The number of aromatic nitrogens is 1. The van der Waals surface area contributed by atoms with Gasteiger partial charge in [-0.3, -0.25) is 4.79 Å². The molecule has 0 aliphatic carbocycles. The molecule has 4 rings (SSSR count). The van der Waals surface area contributed by atoms with E-state index in [1.54, 1.807) is 0 Å². The van der Waals surface area contributed by atoms with E-state index in [9.17, 15) is 4.79 Å². The number of carbonyl (C=O) groups is 1. The number of hydrogen-bond donors (Lipinski definition) is 0. The minimum absolute atomic E-state index is 0.0448. The number of fused-ring (bicyclic) bond motifs is 1. The van der Waals surface area contributed by atoms with Crippen molar-refractivity contribution in [1.82, 2.24) is 10.1 Å². The van der Waals surface area contributed by atoms with E-state index in [-0.39, 0.29) is 18.4 Å². The average Bonchev–Trinajstić information content (AvgIpc) is 3.32. The molecule has 1 saturated heterocycles.